The van der Waals surface area contributed by atoms with Gasteiger partial charge in [-0.25, -0.2) is 8.42 Å². The van der Waals surface area contributed by atoms with Crippen molar-refractivity contribution in [2.45, 2.75) is 26.2 Å². The molecule has 3 nitrogen and oxygen atoms in total. The monoisotopic (exact) mass is 193 g/mol. The van der Waals surface area contributed by atoms with Crippen molar-refractivity contribution >= 4 is 9.84 Å². The molecule has 0 amide bonds. The molecule has 0 aromatic heterocycles. The summed E-state index contributed by atoms with van der Waals surface area (Å²) < 4.78 is 21.5. The molecule has 0 aliphatic rings. The third kappa shape index (κ3) is 8.01. The van der Waals surface area contributed by atoms with E-state index in [1.54, 1.807) is 0 Å². The molecule has 0 radical (unpaired) electrons. The average molecular weight is 193 g/mol. The first-order valence-electron chi connectivity index (χ1n) is 4.33. The second kappa shape index (κ2) is 5.54. The minimum atomic E-state index is -2.77. The highest BCUT2D eigenvalue weighted by Gasteiger charge is 2.04. The van der Waals surface area contributed by atoms with Gasteiger partial charge in [0.05, 0.1) is 0 Å². The van der Waals surface area contributed by atoms with Crippen LogP contribution in [0, 0.1) is 5.92 Å². The Hall–Kier alpha value is -0.0900. The van der Waals surface area contributed by atoms with E-state index in [4.69, 9.17) is 5.73 Å². The van der Waals surface area contributed by atoms with Crippen LogP contribution in [0.1, 0.15) is 26.2 Å². The van der Waals surface area contributed by atoms with Crippen LogP contribution in [0.3, 0.4) is 0 Å². The minimum Gasteiger partial charge on any atom is -0.330 e. The van der Waals surface area contributed by atoms with E-state index < -0.39 is 9.84 Å². The van der Waals surface area contributed by atoms with Crippen LogP contribution < -0.4 is 5.73 Å². The highest BCUT2D eigenvalue weighted by atomic mass is 32.2. The van der Waals surface area contributed by atoms with E-state index >= 15 is 0 Å². The molecule has 0 spiro atoms. The van der Waals surface area contributed by atoms with Crippen LogP contribution in [0.4, 0.5) is 0 Å². The Labute approximate surface area is 75.3 Å². The van der Waals surface area contributed by atoms with Crippen molar-refractivity contribution in [3.8, 4) is 0 Å². The molecule has 4 heteroatoms. The van der Waals surface area contributed by atoms with Gasteiger partial charge in [0.2, 0.25) is 0 Å². The molecule has 1 atom stereocenters. The lowest BCUT2D eigenvalue weighted by molar-refractivity contribution is 0.491. The lowest BCUT2D eigenvalue weighted by Gasteiger charge is -2.08. The summed E-state index contributed by atoms with van der Waals surface area (Å²) in [6.07, 6.45) is 3.99. The van der Waals surface area contributed by atoms with E-state index in [2.05, 4.69) is 6.92 Å². The summed E-state index contributed by atoms with van der Waals surface area (Å²) in [5.41, 5.74) is 5.37. The van der Waals surface area contributed by atoms with Gasteiger partial charge in [-0.3, -0.25) is 0 Å². The number of rotatable bonds is 6. The van der Waals surface area contributed by atoms with E-state index in [0.29, 0.717) is 18.2 Å². The number of sulfone groups is 1. The van der Waals surface area contributed by atoms with Gasteiger partial charge in [-0.2, -0.15) is 0 Å². The van der Waals surface area contributed by atoms with Gasteiger partial charge in [0.15, 0.2) is 0 Å². The summed E-state index contributed by atoms with van der Waals surface area (Å²) in [6.45, 7) is 2.80. The molecule has 0 aliphatic carbocycles. The fourth-order valence-electron chi connectivity index (χ4n) is 1.12. The quantitative estimate of drug-likeness (QED) is 0.678. The maximum Gasteiger partial charge on any atom is 0.147 e. The highest BCUT2D eigenvalue weighted by molar-refractivity contribution is 7.90. The van der Waals surface area contributed by atoms with E-state index in [1.807, 2.05) is 0 Å². The van der Waals surface area contributed by atoms with Gasteiger partial charge in [0, 0.05) is 12.0 Å². The van der Waals surface area contributed by atoms with Crippen LogP contribution in [0.5, 0.6) is 0 Å². The molecule has 74 valence electrons. The SMILES string of the molecule is CC(CCN)CCCS(C)(=O)=O. The van der Waals surface area contributed by atoms with Crippen LogP contribution in [0.2, 0.25) is 0 Å². The Kier molecular flexibility index (Phi) is 5.50. The molecule has 1 unspecified atom stereocenters. The zero-order chi connectivity index (χ0) is 9.61. The summed E-state index contributed by atoms with van der Waals surface area (Å²) in [5.74, 6) is 0.860. The van der Waals surface area contributed by atoms with E-state index in [1.165, 1.54) is 6.26 Å². The molecule has 0 aromatic rings. The molecular weight excluding hydrogens is 174 g/mol. The predicted molar refractivity (Wildman–Crippen MR) is 51.8 cm³/mol. The van der Waals surface area contributed by atoms with Crippen LogP contribution >= 0.6 is 0 Å². The van der Waals surface area contributed by atoms with Gasteiger partial charge < -0.3 is 5.73 Å². The first-order chi connectivity index (χ1) is 5.45. The molecule has 12 heavy (non-hydrogen) atoms. The van der Waals surface area contributed by atoms with E-state index in [0.717, 1.165) is 19.3 Å². The van der Waals surface area contributed by atoms with Crippen LogP contribution in [0.15, 0.2) is 0 Å². The molecule has 0 bridgehead atoms. The molecule has 0 fully saturated rings. The first kappa shape index (κ1) is 11.9. The Morgan fingerprint density at radius 1 is 1.33 bits per heavy atom. The summed E-state index contributed by atoms with van der Waals surface area (Å²) in [7, 11) is -2.77. The van der Waals surface area contributed by atoms with E-state index in [-0.39, 0.29) is 0 Å². The minimum absolute atomic E-state index is 0.307. The predicted octanol–water partition coefficient (Wildman–Crippen LogP) is 0.796. The van der Waals surface area contributed by atoms with Crippen molar-refractivity contribution in [3.05, 3.63) is 0 Å². The van der Waals surface area contributed by atoms with Crippen molar-refractivity contribution < 1.29 is 8.42 Å². The van der Waals surface area contributed by atoms with Gasteiger partial charge in [0.25, 0.3) is 0 Å². The molecule has 0 heterocycles. The number of hydrogen-bond donors (Lipinski definition) is 1. The average Bonchev–Trinajstić information content (AvgIpc) is 1.84. The maximum atomic E-state index is 10.7. The summed E-state index contributed by atoms with van der Waals surface area (Å²) in [5, 5.41) is 0. The zero-order valence-electron chi connectivity index (χ0n) is 7.91. The molecule has 2 N–H and O–H groups in total. The van der Waals surface area contributed by atoms with Crippen molar-refractivity contribution in [3.63, 3.8) is 0 Å². The molecule has 0 rings (SSSR count). The lowest BCUT2D eigenvalue weighted by Crippen LogP contribution is -2.08. The Balaban J connectivity index is 3.44. The van der Waals surface area contributed by atoms with Gasteiger partial charge in [0.1, 0.15) is 9.84 Å². The highest BCUT2D eigenvalue weighted by Crippen LogP contribution is 2.09. The Morgan fingerprint density at radius 2 is 1.92 bits per heavy atom. The number of hydrogen-bond acceptors (Lipinski definition) is 3. The first-order valence-corrected chi connectivity index (χ1v) is 6.39. The van der Waals surface area contributed by atoms with Crippen LogP contribution in [-0.4, -0.2) is 27.0 Å². The Bertz CT molecular complexity index is 199. The van der Waals surface area contributed by atoms with Crippen LogP contribution in [-0.2, 0) is 9.84 Å². The summed E-state index contributed by atoms with van der Waals surface area (Å²) >= 11 is 0. The van der Waals surface area contributed by atoms with E-state index in [9.17, 15) is 8.42 Å². The van der Waals surface area contributed by atoms with Gasteiger partial charge in [-0.05, 0) is 31.7 Å². The molecule has 0 saturated heterocycles. The second-order valence-electron chi connectivity index (χ2n) is 3.45. The lowest BCUT2D eigenvalue weighted by atomic mass is 10.0. The van der Waals surface area contributed by atoms with Crippen molar-refractivity contribution in [2.75, 3.05) is 18.6 Å². The Morgan fingerprint density at radius 3 is 2.33 bits per heavy atom. The molecule has 0 aliphatic heterocycles. The third-order valence-electron chi connectivity index (χ3n) is 1.87. The third-order valence-corrected chi connectivity index (χ3v) is 2.90. The van der Waals surface area contributed by atoms with Crippen molar-refractivity contribution in [2.24, 2.45) is 11.7 Å². The maximum absolute atomic E-state index is 10.7. The largest absolute Gasteiger partial charge is 0.330 e. The van der Waals surface area contributed by atoms with Crippen molar-refractivity contribution in [1.29, 1.82) is 0 Å². The standard InChI is InChI=1S/C8H19NO2S/c1-8(5-6-9)4-3-7-12(2,10)11/h8H,3-7,9H2,1-2H3. The van der Waals surface area contributed by atoms with Gasteiger partial charge in [-0.1, -0.05) is 6.92 Å². The summed E-state index contributed by atoms with van der Waals surface area (Å²) in [6, 6.07) is 0. The number of nitrogens with two attached hydrogens (primary N) is 1. The zero-order valence-corrected chi connectivity index (χ0v) is 8.73. The molecular formula is C8H19NO2S. The summed E-state index contributed by atoms with van der Waals surface area (Å²) in [4.78, 5) is 0. The van der Waals surface area contributed by atoms with Crippen LogP contribution in [0.25, 0.3) is 0 Å². The van der Waals surface area contributed by atoms with Gasteiger partial charge >= 0.3 is 0 Å². The van der Waals surface area contributed by atoms with Crippen molar-refractivity contribution in [1.82, 2.24) is 0 Å². The van der Waals surface area contributed by atoms with Gasteiger partial charge in [-0.15, -0.1) is 0 Å². The smallest absolute Gasteiger partial charge is 0.147 e. The topological polar surface area (TPSA) is 60.2 Å². The molecule has 0 aromatic carbocycles. The molecule has 0 saturated carbocycles. The fourth-order valence-corrected chi connectivity index (χ4v) is 1.81. The normalized spacial score (nSPS) is 14.6. The fraction of sp³-hybridized carbons (Fsp3) is 1.00. The second-order valence-corrected chi connectivity index (χ2v) is 5.71.